The molecule has 0 aliphatic carbocycles. The summed E-state index contributed by atoms with van der Waals surface area (Å²) in [6.45, 7) is 1.10. The van der Waals surface area contributed by atoms with Gasteiger partial charge in [0.05, 0.1) is 12.2 Å². The smallest absolute Gasteiger partial charge is 0.330 e. The van der Waals surface area contributed by atoms with E-state index in [9.17, 15) is 19.1 Å². The third kappa shape index (κ3) is 2.76. The van der Waals surface area contributed by atoms with E-state index in [1.54, 1.807) is 6.92 Å². The van der Waals surface area contributed by atoms with Crippen molar-refractivity contribution in [2.45, 2.75) is 31.3 Å². The lowest BCUT2D eigenvalue weighted by Gasteiger charge is -2.30. The molecule has 1 aliphatic rings. The molecule has 22 heavy (non-hydrogen) atoms. The monoisotopic (exact) mass is 313 g/mol. The van der Waals surface area contributed by atoms with E-state index in [0.29, 0.717) is 0 Å². The number of aromatic nitrogens is 2. The number of nitrogens with one attached hydrogen (secondary N) is 1. The van der Waals surface area contributed by atoms with Gasteiger partial charge in [0.1, 0.15) is 0 Å². The standard InChI is InChI=1S/C12H16FN5O4/c1-7-9(13)10(18-5-2-8(20)16-11(18)21)22-12(7,6-19)3-4-15-17-14/h2,5,7,9-10,19H,3-4,6H2,1H3,(H,16,20,21)/t7?,9-,10+,12+/m0/s1. The molecule has 0 amide bonds. The Balaban J connectivity index is 2.34. The van der Waals surface area contributed by atoms with Crippen molar-refractivity contribution in [3.05, 3.63) is 43.5 Å². The normalized spacial score (nSPS) is 31.0. The van der Waals surface area contributed by atoms with Crippen molar-refractivity contribution in [2.24, 2.45) is 11.0 Å². The molecule has 0 saturated carbocycles. The van der Waals surface area contributed by atoms with Crippen molar-refractivity contribution in [2.75, 3.05) is 13.2 Å². The Morgan fingerprint density at radius 3 is 2.95 bits per heavy atom. The molecule has 2 heterocycles. The number of aliphatic hydroxyl groups excluding tert-OH is 1. The van der Waals surface area contributed by atoms with Crippen LogP contribution in [0.1, 0.15) is 19.6 Å². The zero-order valence-corrected chi connectivity index (χ0v) is 11.8. The number of hydrogen-bond donors (Lipinski definition) is 2. The topological polar surface area (TPSA) is 133 Å². The van der Waals surface area contributed by atoms with Gasteiger partial charge in [-0.2, -0.15) is 0 Å². The second-order valence-electron chi connectivity index (χ2n) is 5.19. The van der Waals surface area contributed by atoms with E-state index in [1.165, 1.54) is 0 Å². The summed E-state index contributed by atoms with van der Waals surface area (Å²) < 4.78 is 21.1. The highest BCUT2D eigenvalue weighted by Crippen LogP contribution is 2.44. The SMILES string of the molecule is CC1[C@H](F)[C@H](n2ccc(=O)[nH]c2=O)O[C@@]1(CO)CCN=[N+]=[N-]. The highest BCUT2D eigenvalue weighted by atomic mass is 19.1. The summed E-state index contributed by atoms with van der Waals surface area (Å²) in [6.07, 6.45) is -1.57. The number of alkyl halides is 1. The first-order chi connectivity index (χ1) is 10.4. The van der Waals surface area contributed by atoms with Gasteiger partial charge in [-0.05, 0) is 12.0 Å². The van der Waals surface area contributed by atoms with E-state index in [2.05, 4.69) is 10.0 Å². The van der Waals surface area contributed by atoms with Gasteiger partial charge in [0.15, 0.2) is 12.4 Å². The minimum absolute atomic E-state index is 0.0291. The van der Waals surface area contributed by atoms with Gasteiger partial charge < -0.3 is 9.84 Å². The average Bonchev–Trinajstić information content (AvgIpc) is 2.73. The van der Waals surface area contributed by atoms with Crippen molar-refractivity contribution in [3.8, 4) is 0 Å². The molecule has 1 aliphatic heterocycles. The highest BCUT2D eigenvalue weighted by Gasteiger charge is 2.53. The maximum absolute atomic E-state index is 14.5. The van der Waals surface area contributed by atoms with Gasteiger partial charge in [0, 0.05) is 29.6 Å². The summed E-state index contributed by atoms with van der Waals surface area (Å²) >= 11 is 0. The Morgan fingerprint density at radius 1 is 1.64 bits per heavy atom. The number of aliphatic hydroxyl groups is 1. The van der Waals surface area contributed by atoms with Gasteiger partial charge in [0.25, 0.3) is 5.56 Å². The van der Waals surface area contributed by atoms with E-state index in [0.717, 1.165) is 16.8 Å². The predicted octanol–water partition coefficient (Wildman–Crippen LogP) is 0.471. The van der Waals surface area contributed by atoms with Crippen LogP contribution >= 0.6 is 0 Å². The van der Waals surface area contributed by atoms with Crippen LogP contribution in [-0.2, 0) is 4.74 Å². The predicted molar refractivity (Wildman–Crippen MR) is 74.0 cm³/mol. The van der Waals surface area contributed by atoms with Gasteiger partial charge >= 0.3 is 5.69 Å². The van der Waals surface area contributed by atoms with Crippen LogP contribution in [0.2, 0.25) is 0 Å². The molecule has 4 atom stereocenters. The lowest BCUT2D eigenvalue weighted by atomic mass is 9.85. The second kappa shape index (κ2) is 6.30. The number of hydrogen-bond acceptors (Lipinski definition) is 5. The molecule has 9 nitrogen and oxygen atoms in total. The fourth-order valence-electron chi connectivity index (χ4n) is 2.62. The summed E-state index contributed by atoms with van der Waals surface area (Å²) in [7, 11) is 0. The molecule has 1 saturated heterocycles. The molecular weight excluding hydrogens is 297 g/mol. The molecule has 2 rings (SSSR count). The second-order valence-corrected chi connectivity index (χ2v) is 5.19. The number of azide groups is 1. The molecule has 2 N–H and O–H groups in total. The Morgan fingerprint density at radius 2 is 2.36 bits per heavy atom. The Hall–Kier alpha value is -2.16. The number of aromatic amines is 1. The number of ether oxygens (including phenoxy) is 1. The number of nitrogens with zero attached hydrogens (tertiary/aromatic N) is 4. The van der Waals surface area contributed by atoms with E-state index in [4.69, 9.17) is 10.3 Å². The highest BCUT2D eigenvalue weighted by molar-refractivity contribution is 5.00. The van der Waals surface area contributed by atoms with Crippen molar-refractivity contribution in [1.82, 2.24) is 9.55 Å². The fraction of sp³-hybridized carbons (Fsp3) is 0.667. The van der Waals surface area contributed by atoms with Crippen LogP contribution < -0.4 is 11.2 Å². The average molecular weight is 313 g/mol. The van der Waals surface area contributed by atoms with Crippen LogP contribution in [0, 0.1) is 5.92 Å². The van der Waals surface area contributed by atoms with E-state index >= 15 is 0 Å². The molecular formula is C12H16FN5O4. The molecule has 1 fully saturated rings. The van der Waals surface area contributed by atoms with Crippen LogP contribution in [0.3, 0.4) is 0 Å². The van der Waals surface area contributed by atoms with Crippen LogP contribution in [0.15, 0.2) is 27.0 Å². The molecule has 1 unspecified atom stereocenters. The molecule has 1 aromatic rings. The van der Waals surface area contributed by atoms with Crippen LogP contribution in [-0.4, -0.2) is 39.6 Å². The molecule has 0 aromatic carbocycles. The maximum Gasteiger partial charge on any atom is 0.330 e. The zero-order chi connectivity index (χ0) is 16.3. The first kappa shape index (κ1) is 16.2. The first-order valence-electron chi connectivity index (χ1n) is 6.70. The van der Waals surface area contributed by atoms with Crippen LogP contribution in [0.5, 0.6) is 0 Å². The van der Waals surface area contributed by atoms with Crippen LogP contribution in [0.4, 0.5) is 4.39 Å². The third-order valence-corrected chi connectivity index (χ3v) is 4.03. The molecule has 120 valence electrons. The summed E-state index contributed by atoms with van der Waals surface area (Å²) in [6, 6.07) is 1.08. The van der Waals surface area contributed by atoms with Gasteiger partial charge in [-0.25, -0.2) is 9.18 Å². The largest absolute Gasteiger partial charge is 0.393 e. The van der Waals surface area contributed by atoms with Crippen molar-refractivity contribution >= 4 is 0 Å². The molecule has 0 radical (unpaired) electrons. The van der Waals surface area contributed by atoms with Crippen molar-refractivity contribution < 1.29 is 14.2 Å². The first-order valence-corrected chi connectivity index (χ1v) is 6.70. The van der Waals surface area contributed by atoms with Gasteiger partial charge in [0.2, 0.25) is 0 Å². The summed E-state index contributed by atoms with van der Waals surface area (Å²) in [5, 5.41) is 13.0. The minimum Gasteiger partial charge on any atom is -0.393 e. The van der Waals surface area contributed by atoms with Gasteiger partial charge in [-0.1, -0.05) is 12.0 Å². The minimum atomic E-state index is -1.57. The quantitative estimate of drug-likeness (QED) is 0.464. The third-order valence-electron chi connectivity index (χ3n) is 4.03. The Labute approximate surface area is 124 Å². The summed E-state index contributed by atoms with van der Waals surface area (Å²) in [4.78, 5) is 27.5. The molecule has 1 aromatic heterocycles. The van der Waals surface area contributed by atoms with E-state index in [-0.39, 0.29) is 13.0 Å². The summed E-state index contributed by atoms with van der Waals surface area (Å²) in [5.74, 6) is -0.727. The van der Waals surface area contributed by atoms with Gasteiger partial charge in [-0.3, -0.25) is 14.3 Å². The number of rotatable bonds is 5. The van der Waals surface area contributed by atoms with E-state index in [1.807, 2.05) is 4.98 Å². The Kier molecular flexibility index (Phi) is 4.65. The molecule has 0 spiro atoms. The lowest BCUT2D eigenvalue weighted by molar-refractivity contribution is -0.116. The van der Waals surface area contributed by atoms with Crippen LogP contribution in [0.25, 0.3) is 10.4 Å². The van der Waals surface area contributed by atoms with E-state index < -0.39 is 41.8 Å². The molecule has 0 bridgehead atoms. The maximum atomic E-state index is 14.5. The number of H-pyrrole nitrogens is 1. The number of halogens is 1. The lowest BCUT2D eigenvalue weighted by Crippen LogP contribution is -2.40. The van der Waals surface area contributed by atoms with Crippen molar-refractivity contribution in [1.29, 1.82) is 0 Å². The zero-order valence-electron chi connectivity index (χ0n) is 11.8. The van der Waals surface area contributed by atoms with Gasteiger partial charge in [-0.15, -0.1) is 0 Å². The molecule has 10 heteroatoms. The fourth-order valence-corrected chi connectivity index (χ4v) is 2.62. The summed E-state index contributed by atoms with van der Waals surface area (Å²) in [5.41, 5.74) is 5.66. The Bertz CT molecular complexity index is 697. The van der Waals surface area contributed by atoms with Crippen molar-refractivity contribution in [3.63, 3.8) is 0 Å².